The van der Waals surface area contributed by atoms with E-state index in [2.05, 4.69) is 58.6 Å². The number of hydrogen-bond donors (Lipinski definition) is 0. The summed E-state index contributed by atoms with van der Waals surface area (Å²) in [7, 11) is 3.56. The fourth-order valence-electron chi connectivity index (χ4n) is 3.00. The number of benzene rings is 3. The van der Waals surface area contributed by atoms with Crippen molar-refractivity contribution in [2.24, 2.45) is 7.05 Å². The summed E-state index contributed by atoms with van der Waals surface area (Å²) in [4.78, 5) is 4.59. The minimum absolute atomic E-state index is 0.677. The minimum atomic E-state index is 0.677. The molecular formula is C24H21N3O. The Bertz CT molecular complexity index is 1150. The van der Waals surface area contributed by atoms with Crippen molar-refractivity contribution in [2.75, 3.05) is 7.11 Å². The molecule has 0 aliphatic heterocycles. The number of nitrogens with zero attached hydrogens (tertiary/aromatic N) is 3. The van der Waals surface area contributed by atoms with Crippen molar-refractivity contribution in [3.05, 3.63) is 89.5 Å². The van der Waals surface area contributed by atoms with Gasteiger partial charge in [0.05, 0.1) is 7.11 Å². The van der Waals surface area contributed by atoms with Crippen LogP contribution in [0.4, 0.5) is 0 Å². The lowest BCUT2D eigenvalue weighted by Crippen LogP contribution is -1.93. The second-order valence-corrected chi connectivity index (χ2v) is 6.50. The van der Waals surface area contributed by atoms with Gasteiger partial charge in [-0.05, 0) is 52.3 Å². The molecule has 0 saturated heterocycles. The minimum Gasteiger partial charge on any atom is -0.497 e. The molecule has 4 heteroatoms. The molecule has 0 unspecified atom stereocenters. The van der Waals surface area contributed by atoms with Crippen molar-refractivity contribution in [1.82, 2.24) is 14.8 Å². The molecule has 0 N–H and O–H groups in total. The van der Waals surface area contributed by atoms with Crippen LogP contribution in [-0.2, 0) is 7.05 Å². The Morgan fingerprint density at radius 3 is 2.29 bits per heavy atom. The van der Waals surface area contributed by atoms with Gasteiger partial charge in [0, 0.05) is 7.05 Å². The average molecular weight is 367 g/mol. The van der Waals surface area contributed by atoms with Crippen molar-refractivity contribution in [2.45, 2.75) is 0 Å². The molecule has 1 aromatic heterocycles. The molecule has 3 aromatic carbocycles. The molecule has 0 aliphatic rings. The van der Waals surface area contributed by atoms with Crippen molar-refractivity contribution in [1.29, 1.82) is 0 Å². The van der Waals surface area contributed by atoms with Crippen molar-refractivity contribution < 1.29 is 4.74 Å². The van der Waals surface area contributed by atoms with Crippen molar-refractivity contribution >= 4 is 35.1 Å². The van der Waals surface area contributed by atoms with E-state index in [1.54, 1.807) is 11.8 Å². The number of hydrogen-bond acceptors (Lipinski definition) is 3. The van der Waals surface area contributed by atoms with Gasteiger partial charge in [0.2, 0.25) is 0 Å². The van der Waals surface area contributed by atoms with Crippen LogP contribution in [0.5, 0.6) is 5.75 Å². The summed E-state index contributed by atoms with van der Waals surface area (Å²) in [6, 6.07) is 22.6. The summed E-state index contributed by atoms with van der Waals surface area (Å²) in [5.41, 5.74) is 2.21. The first kappa shape index (κ1) is 17.7. The quantitative estimate of drug-likeness (QED) is 0.479. The molecule has 138 valence electrons. The van der Waals surface area contributed by atoms with Gasteiger partial charge in [-0.25, -0.2) is 9.67 Å². The number of aryl methyl sites for hydroxylation is 1. The predicted molar refractivity (Wildman–Crippen MR) is 116 cm³/mol. The summed E-state index contributed by atoms with van der Waals surface area (Å²) in [6.45, 7) is 0. The summed E-state index contributed by atoms with van der Waals surface area (Å²) in [5.74, 6) is 2.33. The Morgan fingerprint density at radius 2 is 1.50 bits per heavy atom. The average Bonchev–Trinajstić information content (AvgIpc) is 3.10. The molecule has 0 aliphatic carbocycles. The van der Waals surface area contributed by atoms with Gasteiger partial charge < -0.3 is 4.74 Å². The van der Waals surface area contributed by atoms with Crippen LogP contribution in [0, 0.1) is 0 Å². The number of aromatic nitrogens is 3. The first-order chi connectivity index (χ1) is 13.7. The normalized spacial score (nSPS) is 11.6. The van der Waals surface area contributed by atoms with Gasteiger partial charge in [0.25, 0.3) is 0 Å². The molecular weight excluding hydrogens is 346 g/mol. The van der Waals surface area contributed by atoms with E-state index in [9.17, 15) is 0 Å². The van der Waals surface area contributed by atoms with E-state index in [0.717, 1.165) is 22.7 Å². The SMILES string of the molecule is COc1ccc(/C=C/c2nc(/C=C/c3ccc4ccccc4c3)n(C)n2)cc1. The number of methoxy groups -OCH3 is 1. The first-order valence-corrected chi connectivity index (χ1v) is 9.11. The third-order valence-corrected chi connectivity index (χ3v) is 4.55. The van der Waals surface area contributed by atoms with Crippen LogP contribution in [-0.4, -0.2) is 21.9 Å². The Hall–Kier alpha value is -3.66. The highest BCUT2D eigenvalue weighted by Gasteiger charge is 2.02. The maximum Gasteiger partial charge on any atom is 0.174 e. The highest BCUT2D eigenvalue weighted by atomic mass is 16.5. The van der Waals surface area contributed by atoms with Crippen LogP contribution in [0.3, 0.4) is 0 Å². The van der Waals surface area contributed by atoms with Gasteiger partial charge >= 0.3 is 0 Å². The molecule has 0 amide bonds. The second-order valence-electron chi connectivity index (χ2n) is 6.50. The van der Waals surface area contributed by atoms with Gasteiger partial charge in [-0.2, -0.15) is 5.10 Å². The third kappa shape index (κ3) is 4.01. The molecule has 4 nitrogen and oxygen atoms in total. The Balaban J connectivity index is 1.51. The lowest BCUT2D eigenvalue weighted by Gasteiger charge is -1.99. The molecule has 0 bridgehead atoms. The molecule has 0 spiro atoms. The zero-order valence-corrected chi connectivity index (χ0v) is 15.9. The van der Waals surface area contributed by atoms with Crippen LogP contribution in [0.1, 0.15) is 22.8 Å². The second kappa shape index (κ2) is 7.92. The Kier molecular flexibility index (Phi) is 5.02. The van der Waals surface area contributed by atoms with E-state index in [-0.39, 0.29) is 0 Å². The monoisotopic (exact) mass is 367 g/mol. The maximum absolute atomic E-state index is 5.18. The first-order valence-electron chi connectivity index (χ1n) is 9.11. The molecule has 0 atom stereocenters. The Labute approximate surface area is 164 Å². The van der Waals surface area contributed by atoms with Crippen LogP contribution in [0.2, 0.25) is 0 Å². The molecule has 0 radical (unpaired) electrons. The third-order valence-electron chi connectivity index (χ3n) is 4.55. The van der Waals surface area contributed by atoms with E-state index in [4.69, 9.17) is 4.74 Å². The van der Waals surface area contributed by atoms with Crippen LogP contribution in [0.25, 0.3) is 35.1 Å². The molecule has 0 saturated carbocycles. The van der Waals surface area contributed by atoms with E-state index in [1.807, 2.05) is 49.5 Å². The molecule has 0 fully saturated rings. The van der Waals surface area contributed by atoms with E-state index in [0.29, 0.717) is 5.82 Å². The predicted octanol–water partition coefficient (Wildman–Crippen LogP) is 5.32. The highest BCUT2D eigenvalue weighted by Crippen LogP contribution is 2.17. The standard InChI is InChI=1S/C24H21N3O/c1-27-24(16-11-19-7-12-20-5-3-4-6-21(20)17-19)25-23(26-27)15-10-18-8-13-22(28-2)14-9-18/h3-17H,1-2H3/b15-10+,16-11+. The summed E-state index contributed by atoms with van der Waals surface area (Å²) in [5, 5.41) is 6.93. The highest BCUT2D eigenvalue weighted by molar-refractivity contribution is 5.85. The van der Waals surface area contributed by atoms with Crippen LogP contribution < -0.4 is 4.74 Å². The van der Waals surface area contributed by atoms with Crippen LogP contribution in [0.15, 0.2) is 66.7 Å². The van der Waals surface area contributed by atoms with Gasteiger partial charge in [-0.3, -0.25) is 0 Å². The van der Waals surface area contributed by atoms with Gasteiger partial charge in [0.15, 0.2) is 11.6 Å². The summed E-state index contributed by atoms with van der Waals surface area (Å²) in [6.07, 6.45) is 7.95. The van der Waals surface area contributed by atoms with Crippen LogP contribution >= 0.6 is 0 Å². The van der Waals surface area contributed by atoms with Gasteiger partial charge in [-0.15, -0.1) is 0 Å². The lowest BCUT2D eigenvalue weighted by molar-refractivity contribution is 0.415. The van der Waals surface area contributed by atoms with Crippen molar-refractivity contribution in [3.8, 4) is 5.75 Å². The fourth-order valence-corrected chi connectivity index (χ4v) is 3.00. The van der Waals surface area contributed by atoms with E-state index < -0.39 is 0 Å². The summed E-state index contributed by atoms with van der Waals surface area (Å²) >= 11 is 0. The van der Waals surface area contributed by atoms with E-state index >= 15 is 0 Å². The molecule has 28 heavy (non-hydrogen) atoms. The number of fused-ring (bicyclic) bond motifs is 1. The van der Waals surface area contributed by atoms with E-state index in [1.165, 1.54) is 10.8 Å². The zero-order valence-electron chi connectivity index (χ0n) is 15.9. The number of rotatable bonds is 5. The smallest absolute Gasteiger partial charge is 0.174 e. The lowest BCUT2D eigenvalue weighted by atomic mass is 10.1. The fraction of sp³-hybridized carbons (Fsp3) is 0.0833. The Morgan fingerprint density at radius 1 is 0.786 bits per heavy atom. The van der Waals surface area contributed by atoms with Gasteiger partial charge in [0.1, 0.15) is 5.75 Å². The number of ether oxygens (including phenoxy) is 1. The topological polar surface area (TPSA) is 39.9 Å². The summed E-state index contributed by atoms with van der Waals surface area (Å²) < 4.78 is 6.96. The molecule has 1 heterocycles. The van der Waals surface area contributed by atoms with Crippen molar-refractivity contribution in [3.63, 3.8) is 0 Å². The largest absolute Gasteiger partial charge is 0.497 e. The molecule has 4 aromatic rings. The maximum atomic E-state index is 5.18. The molecule has 4 rings (SSSR count). The van der Waals surface area contributed by atoms with Gasteiger partial charge in [-0.1, -0.05) is 60.7 Å². The zero-order chi connectivity index (χ0) is 19.3.